The van der Waals surface area contributed by atoms with E-state index in [1.54, 1.807) is 0 Å². The smallest absolute Gasteiger partial charge is 0.112 e. The maximum atomic E-state index is 8.22. The zero-order valence-corrected chi connectivity index (χ0v) is 4.36. The van der Waals surface area contributed by atoms with Gasteiger partial charge in [0.05, 0.1) is 26.4 Å². The quantitative estimate of drug-likeness (QED) is 0.498. The van der Waals surface area contributed by atoms with E-state index in [1.807, 2.05) is 13.8 Å². The molecule has 1 nitrogen and oxygen atoms in total. The Balaban J connectivity index is 2.63. The predicted molar refractivity (Wildman–Crippen MR) is 26.3 cm³/mol. The van der Waals surface area contributed by atoms with Crippen LogP contribution in [0.1, 0.15) is 20.3 Å². The fourth-order valence-electron chi connectivity index (χ4n) is 0.224. The van der Waals surface area contributed by atoms with E-state index in [0.29, 0.717) is 6.61 Å². The van der Waals surface area contributed by atoms with Gasteiger partial charge in [-0.05, 0) is 0 Å². The van der Waals surface area contributed by atoms with Crippen LogP contribution in [0.5, 0.6) is 0 Å². The maximum Gasteiger partial charge on any atom is 0.112 e. The molecule has 0 aliphatic heterocycles. The summed E-state index contributed by atoms with van der Waals surface area (Å²) in [6.07, 6.45) is 0.847. The monoisotopic (exact) mass is 87.1 g/mol. The fraction of sp³-hybridized carbons (Fsp3) is 0.800. The van der Waals surface area contributed by atoms with E-state index in [1.165, 1.54) is 5.92 Å². The van der Waals surface area contributed by atoms with E-state index in [9.17, 15) is 0 Å². The van der Waals surface area contributed by atoms with Gasteiger partial charge in [0, 0.05) is 0 Å². The molecule has 0 atom stereocenters. The highest BCUT2D eigenvalue weighted by Gasteiger charge is 1.98. The Bertz CT molecular complexity index is 25.1. The molecule has 36 valence electrons. The molecule has 0 spiro atoms. The lowest BCUT2D eigenvalue weighted by atomic mass is 10.2. The van der Waals surface area contributed by atoms with Crippen molar-refractivity contribution in [2.24, 2.45) is 0 Å². The zero-order valence-electron chi connectivity index (χ0n) is 4.36. The van der Waals surface area contributed by atoms with Gasteiger partial charge in [0.15, 0.2) is 0 Å². The van der Waals surface area contributed by atoms with Gasteiger partial charge in [-0.3, -0.25) is 0 Å². The number of aliphatic hydroxyl groups is 1. The molecule has 0 rings (SSSR count). The normalized spacial score (nSPS) is 8.50. The van der Waals surface area contributed by atoms with Crippen molar-refractivity contribution in [3.05, 3.63) is 5.92 Å². The second-order valence-corrected chi connectivity index (χ2v) is 1.68. The lowest BCUT2D eigenvalue weighted by Crippen LogP contribution is -1.87. The Morgan fingerprint density at radius 3 is 2.00 bits per heavy atom. The molecule has 0 bridgehead atoms. The Labute approximate surface area is 39.0 Å². The van der Waals surface area contributed by atoms with Crippen molar-refractivity contribution < 1.29 is 5.11 Å². The molecule has 1 N–H and O–H groups in total. The van der Waals surface area contributed by atoms with E-state index < -0.39 is 0 Å². The average Bonchev–Trinajstić information content (AvgIpc) is 1.35. The number of hydrogen-bond donors (Lipinski definition) is 1. The first-order chi connectivity index (χ1) is 2.77. The topological polar surface area (TPSA) is 20.2 Å². The molecule has 0 saturated heterocycles. The molecule has 0 saturated carbocycles. The summed E-state index contributed by atoms with van der Waals surface area (Å²) in [4.78, 5) is 0. The number of aliphatic hydroxyl groups excluding tert-OH is 1. The van der Waals surface area contributed by atoms with Crippen LogP contribution < -0.4 is 0 Å². The third-order valence-electron chi connectivity index (χ3n) is 0.612. The second kappa shape index (κ2) is 3.04. The minimum absolute atomic E-state index is 0.294. The van der Waals surface area contributed by atoms with Crippen molar-refractivity contribution >= 4 is 0 Å². The average molecular weight is 87.1 g/mol. The summed E-state index contributed by atoms with van der Waals surface area (Å²) in [6, 6.07) is 0. The molecule has 0 amide bonds. The number of rotatable bonds is 2. The second-order valence-electron chi connectivity index (χ2n) is 1.68. The summed E-state index contributed by atoms with van der Waals surface area (Å²) in [6.45, 7) is 4.31. The molecule has 0 unspecified atom stereocenters. The number of hydrogen-bond acceptors (Lipinski definition) is 1. The molecular formula is C5H11O+. The van der Waals surface area contributed by atoms with Gasteiger partial charge in [0.1, 0.15) is 6.42 Å². The highest BCUT2D eigenvalue weighted by Crippen LogP contribution is 1.98. The van der Waals surface area contributed by atoms with Crippen molar-refractivity contribution in [1.82, 2.24) is 0 Å². The van der Waals surface area contributed by atoms with Crippen LogP contribution in [-0.4, -0.2) is 11.7 Å². The van der Waals surface area contributed by atoms with Gasteiger partial charge in [-0.1, -0.05) is 0 Å². The summed E-state index contributed by atoms with van der Waals surface area (Å²) >= 11 is 0. The lowest BCUT2D eigenvalue weighted by Gasteiger charge is -1.84. The van der Waals surface area contributed by atoms with E-state index >= 15 is 0 Å². The van der Waals surface area contributed by atoms with E-state index in [4.69, 9.17) is 5.11 Å². The molecular weight excluding hydrogens is 76.1 g/mol. The van der Waals surface area contributed by atoms with Crippen molar-refractivity contribution in [3.63, 3.8) is 0 Å². The van der Waals surface area contributed by atoms with Crippen LogP contribution in [0.2, 0.25) is 0 Å². The van der Waals surface area contributed by atoms with Crippen LogP contribution in [0, 0.1) is 5.92 Å². The summed E-state index contributed by atoms with van der Waals surface area (Å²) < 4.78 is 0. The van der Waals surface area contributed by atoms with Gasteiger partial charge in [0.25, 0.3) is 0 Å². The summed E-state index contributed by atoms with van der Waals surface area (Å²) in [5, 5.41) is 8.22. The van der Waals surface area contributed by atoms with Crippen LogP contribution in [-0.2, 0) is 0 Å². The SMILES string of the molecule is C[C+](C)CCO. The molecule has 0 aliphatic rings. The standard InChI is InChI=1S/C5H11O/c1-5(2)3-4-6/h6H,3-4H2,1-2H3/q+1. The largest absolute Gasteiger partial charge is 0.392 e. The Hall–Kier alpha value is -0.170. The molecule has 0 fully saturated rings. The van der Waals surface area contributed by atoms with Crippen molar-refractivity contribution in [3.8, 4) is 0 Å². The van der Waals surface area contributed by atoms with Crippen molar-refractivity contribution in [1.29, 1.82) is 0 Å². The molecule has 0 radical (unpaired) electrons. The molecule has 0 heterocycles. The third kappa shape index (κ3) is 3.83. The molecule has 1 heteroatoms. The van der Waals surface area contributed by atoms with E-state index in [0.717, 1.165) is 6.42 Å². The lowest BCUT2D eigenvalue weighted by molar-refractivity contribution is 0.292. The third-order valence-corrected chi connectivity index (χ3v) is 0.612. The summed E-state index contributed by atoms with van der Waals surface area (Å²) in [5.74, 6) is 1.29. The first-order valence-corrected chi connectivity index (χ1v) is 2.17. The van der Waals surface area contributed by atoms with Crippen molar-refractivity contribution in [2.75, 3.05) is 6.61 Å². The van der Waals surface area contributed by atoms with E-state index in [2.05, 4.69) is 0 Å². The van der Waals surface area contributed by atoms with Gasteiger partial charge in [-0.25, -0.2) is 0 Å². The van der Waals surface area contributed by atoms with Crippen LogP contribution in [0.4, 0.5) is 0 Å². The van der Waals surface area contributed by atoms with Crippen LogP contribution in [0.3, 0.4) is 0 Å². The first-order valence-electron chi connectivity index (χ1n) is 2.17. The van der Waals surface area contributed by atoms with Crippen LogP contribution in [0.15, 0.2) is 0 Å². The van der Waals surface area contributed by atoms with E-state index in [-0.39, 0.29) is 0 Å². The molecule has 0 aromatic heterocycles. The van der Waals surface area contributed by atoms with Crippen molar-refractivity contribution in [2.45, 2.75) is 20.3 Å². The summed E-state index contributed by atoms with van der Waals surface area (Å²) in [7, 11) is 0. The van der Waals surface area contributed by atoms with Gasteiger partial charge >= 0.3 is 0 Å². The molecule has 6 heavy (non-hydrogen) atoms. The van der Waals surface area contributed by atoms with Crippen LogP contribution >= 0.6 is 0 Å². The van der Waals surface area contributed by atoms with Gasteiger partial charge in [-0.15, -0.1) is 0 Å². The maximum absolute atomic E-state index is 8.22. The molecule has 0 aromatic rings. The van der Waals surface area contributed by atoms with Gasteiger partial charge < -0.3 is 5.11 Å². The molecule has 0 aliphatic carbocycles. The van der Waals surface area contributed by atoms with Gasteiger partial charge in [0.2, 0.25) is 0 Å². The minimum Gasteiger partial charge on any atom is -0.392 e. The Morgan fingerprint density at radius 1 is 1.50 bits per heavy atom. The minimum atomic E-state index is 0.294. The fourth-order valence-corrected chi connectivity index (χ4v) is 0.224. The Morgan fingerprint density at radius 2 is 2.00 bits per heavy atom. The van der Waals surface area contributed by atoms with Crippen LogP contribution in [0.25, 0.3) is 0 Å². The van der Waals surface area contributed by atoms with Gasteiger partial charge in [-0.2, -0.15) is 0 Å². The highest BCUT2D eigenvalue weighted by atomic mass is 16.2. The Kier molecular flexibility index (Phi) is 2.95. The summed E-state index contributed by atoms with van der Waals surface area (Å²) in [5.41, 5.74) is 0. The molecule has 0 aromatic carbocycles. The predicted octanol–water partition coefficient (Wildman–Crippen LogP) is 0.983. The first kappa shape index (κ1) is 5.83. The highest BCUT2D eigenvalue weighted by molar-refractivity contribution is 4.74. The zero-order chi connectivity index (χ0) is 4.99.